The summed E-state index contributed by atoms with van der Waals surface area (Å²) in [5.41, 5.74) is 10.5. The van der Waals surface area contributed by atoms with Gasteiger partial charge in [0.25, 0.3) is 0 Å². The lowest BCUT2D eigenvalue weighted by atomic mass is 9.99. The molecule has 5 nitrogen and oxygen atoms in total. The third-order valence-corrected chi connectivity index (χ3v) is 12.3. The molecule has 62 heavy (non-hydrogen) atoms. The monoisotopic (exact) mass is 791 g/mol. The number of fused-ring (bicyclic) bond motifs is 10. The molecule has 0 N–H and O–H groups in total. The molecule has 13 rings (SSSR count). The molecule has 0 spiro atoms. The van der Waals surface area contributed by atoms with Crippen LogP contribution in [0.1, 0.15) is 0 Å². The van der Waals surface area contributed by atoms with Crippen LogP contribution in [-0.4, -0.2) is 15.0 Å². The molecular formula is C57H33N3O2. The summed E-state index contributed by atoms with van der Waals surface area (Å²) in [4.78, 5) is 15.7. The number of rotatable bonds is 5. The molecule has 3 aromatic heterocycles. The maximum absolute atomic E-state index is 6.60. The molecule has 5 heteroatoms. The maximum Gasteiger partial charge on any atom is 0.164 e. The molecule has 13 aromatic rings. The molecular weight excluding hydrogens is 759 g/mol. The van der Waals surface area contributed by atoms with E-state index in [1.165, 1.54) is 21.5 Å². The standard InChI is InChI=1S/C57H33N3O2/c1-3-10-38-30-40(22-18-34(38)8-1)36-16-20-37(21-17-36)55-58-56(44-25-27-45-43(32-44)26-29-51-53(45)46-12-5-6-14-49(46)61-51)60-57(59-55)48-13-7-15-50-54(48)47-28-24-42(33-52(47)62-50)41-23-19-35-9-2-4-11-39(35)31-41/h1-33H. The second kappa shape index (κ2) is 13.6. The molecule has 0 unspecified atom stereocenters. The molecule has 0 aliphatic heterocycles. The van der Waals surface area contributed by atoms with Crippen molar-refractivity contribution in [1.82, 2.24) is 15.0 Å². The third-order valence-electron chi connectivity index (χ3n) is 12.3. The van der Waals surface area contributed by atoms with Crippen LogP contribution < -0.4 is 0 Å². The van der Waals surface area contributed by atoms with Crippen LogP contribution in [0.2, 0.25) is 0 Å². The van der Waals surface area contributed by atoms with Crippen molar-refractivity contribution in [2.75, 3.05) is 0 Å². The van der Waals surface area contributed by atoms with Crippen molar-refractivity contribution < 1.29 is 8.83 Å². The van der Waals surface area contributed by atoms with Crippen molar-refractivity contribution in [2.24, 2.45) is 0 Å². The molecule has 0 aliphatic carbocycles. The zero-order chi connectivity index (χ0) is 40.7. The van der Waals surface area contributed by atoms with Gasteiger partial charge in [0.05, 0.1) is 0 Å². The minimum Gasteiger partial charge on any atom is -0.456 e. The smallest absolute Gasteiger partial charge is 0.164 e. The average Bonchev–Trinajstić information content (AvgIpc) is 3.92. The van der Waals surface area contributed by atoms with Gasteiger partial charge in [0, 0.05) is 38.2 Å². The zero-order valence-corrected chi connectivity index (χ0v) is 33.2. The zero-order valence-electron chi connectivity index (χ0n) is 33.2. The van der Waals surface area contributed by atoms with Gasteiger partial charge >= 0.3 is 0 Å². The molecule has 10 aromatic carbocycles. The van der Waals surface area contributed by atoms with E-state index in [0.29, 0.717) is 17.5 Å². The van der Waals surface area contributed by atoms with E-state index in [1.807, 2.05) is 24.3 Å². The van der Waals surface area contributed by atoms with Gasteiger partial charge < -0.3 is 8.83 Å². The Hall–Kier alpha value is -8.41. The number of furan rings is 2. The van der Waals surface area contributed by atoms with Crippen LogP contribution in [0.15, 0.2) is 209 Å². The molecule has 288 valence electrons. The Morgan fingerprint density at radius 3 is 1.55 bits per heavy atom. The summed E-state index contributed by atoms with van der Waals surface area (Å²) in [5, 5.41) is 11.2. The highest BCUT2D eigenvalue weighted by Crippen LogP contribution is 2.40. The van der Waals surface area contributed by atoms with Crippen molar-refractivity contribution in [3.05, 3.63) is 200 Å². The van der Waals surface area contributed by atoms with Crippen molar-refractivity contribution in [3.63, 3.8) is 0 Å². The fraction of sp³-hybridized carbons (Fsp3) is 0. The van der Waals surface area contributed by atoms with Gasteiger partial charge in [0.1, 0.15) is 22.3 Å². The van der Waals surface area contributed by atoms with Crippen LogP contribution >= 0.6 is 0 Å². The van der Waals surface area contributed by atoms with Gasteiger partial charge in [-0.25, -0.2) is 15.0 Å². The summed E-state index contributed by atoms with van der Waals surface area (Å²) in [6.07, 6.45) is 0. The predicted molar refractivity (Wildman–Crippen MR) is 254 cm³/mol. The third kappa shape index (κ3) is 5.60. The van der Waals surface area contributed by atoms with Gasteiger partial charge in [0.2, 0.25) is 0 Å². The summed E-state index contributed by atoms with van der Waals surface area (Å²) in [5.74, 6) is 1.76. The van der Waals surface area contributed by atoms with Crippen LogP contribution in [0, 0.1) is 0 Å². The first-order valence-corrected chi connectivity index (χ1v) is 20.8. The predicted octanol–water partition coefficient (Wildman–Crippen LogP) is 15.5. The van der Waals surface area contributed by atoms with Crippen LogP contribution in [0.5, 0.6) is 0 Å². The van der Waals surface area contributed by atoms with E-state index >= 15 is 0 Å². The Balaban J connectivity index is 0.965. The second-order valence-corrected chi connectivity index (χ2v) is 16.0. The number of benzene rings is 10. The number of nitrogens with zero attached hydrogens (tertiary/aromatic N) is 3. The lowest BCUT2D eigenvalue weighted by Gasteiger charge is -2.11. The minimum absolute atomic E-state index is 0.576. The molecule has 0 radical (unpaired) electrons. The Labute approximate surface area is 355 Å². The summed E-state index contributed by atoms with van der Waals surface area (Å²) >= 11 is 0. The quantitative estimate of drug-likeness (QED) is 0.174. The van der Waals surface area contributed by atoms with Crippen molar-refractivity contribution in [1.29, 1.82) is 0 Å². The van der Waals surface area contributed by atoms with Gasteiger partial charge in [-0.1, -0.05) is 152 Å². The fourth-order valence-electron chi connectivity index (χ4n) is 9.19. The van der Waals surface area contributed by atoms with E-state index in [1.54, 1.807) is 0 Å². The first kappa shape index (κ1) is 34.5. The van der Waals surface area contributed by atoms with Crippen molar-refractivity contribution >= 4 is 76.2 Å². The first-order valence-electron chi connectivity index (χ1n) is 20.8. The summed E-state index contributed by atoms with van der Waals surface area (Å²) < 4.78 is 12.8. The Kier molecular flexibility index (Phi) is 7.54. The second-order valence-electron chi connectivity index (χ2n) is 16.0. The normalized spacial score (nSPS) is 11.9. The Morgan fingerprint density at radius 1 is 0.258 bits per heavy atom. The lowest BCUT2D eigenvalue weighted by molar-refractivity contribution is 0.669. The van der Waals surface area contributed by atoms with E-state index in [-0.39, 0.29) is 0 Å². The van der Waals surface area contributed by atoms with Gasteiger partial charge in [-0.05, 0) is 103 Å². The van der Waals surface area contributed by atoms with E-state index in [4.69, 9.17) is 23.8 Å². The van der Waals surface area contributed by atoms with Crippen molar-refractivity contribution in [2.45, 2.75) is 0 Å². The Morgan fingerprint density at radius 2 is 0.758 bits per heavy atom. The molecule has 0 fully saturated rings. The topological polar surface area (TPSA) is 65.0 Å². The molecule has 0 atom stereocenters. The molecule has 0 saturated heterocycles. The SMILES string of the molecule is c1ccc2cc(-c3ccc(-c4nc(-c5ccc6c(ccc7oc8ccccc8c76)c5)nc(-c5cccc6oc7cc(-c8ccc9ccccc9c8)ccc7c56)n4)cc3)ccc2c1. The highest BCUT2D eigenvalue weighted by molar-refractivity contribution is 6.19. The molecule has 0 aliphatic rings. The Bertz CT molecular complexity index is 3940. The number of hydrogen-bond donors (Lipinski definition) is 0. The number of para-hydroxylation sites is 1. The lowest BCUT2D eigenvalue weighted by Crippen LogP contribution is -2.00. The molecule has 0 bridgehead atoms. The number of hydrogen-bond acceptors (Lipinski definition) is 5. The first-order chi connectivity index (χ1) is 30.7. The molecule has 0 amide bonds. The van der Waals surface area contributed by atoms with Crippen LogP contribution in [0.4, 0.5) is 0 Å². The van der Waals surface area contributed by atoms with Gasteiger partial charge in [-0.3, -0.25) is 0 Å². The van der Waals surface area contributed by atoms with Crippen LogP contribution in [0.3, 0.4) is 0 Å². The van der Waals surface area contributed by atoms with Gasteiger partial charge in [-0.15, -0.1) is 0 Å². The minimum atomic E-state index is 0.576. The highest BCUT2D eigenvalue weighted by Gasteiger charge is 2.19. The number of aromatic nitrogens is 3. The van der Waals surface area contributed by atoms with E-state index < -0.39 is 0 Å². The molecule has 0 saturated carbocycles. The average molecular weight is 792 g/mol. The van der Waals surface area contributed by atoms with Gasteiger partial charge in [-0.2, -0.15) is 0 Å². The maximum atomic E-state index is 6.60. The van der Waals surface area contributed by atoms with Gasteiger partial charge in [0.15, 0.2) is 17.5 Å². The highest BCUT2D eigenvalue weighted by atomic mass is 16.3. The summed E-state index contributed by atoms with van der Waals surface area (Å²) in [7, 11) is 0. The largest absolute Gasteiger partial charge is 0.456 e. The van der Waals surface area contributed by atoms with Crippen LogP contribution in [0.25, 0.3) is 133 Å². The summed E-state index contributed by atoms with van der Waals surface area (Å²) in [6, 6.07) is 70.0. The summed E-state index contributed by atoms with van der Waals surface area (Å²) in [6.45, 7) is 0. The van der Waals surface area contributed by atoms with E-state index in [9.17, 15) is 0 Å². The van der Waals surface area contributed by atoms with Crippen molar-refractivity contribution in [3.8, 4) is 56.4 Å². The molecule has 3 heterocycles. The fourth-order valence-corrected chi connectivity index (χ4v) is 9.19. The van der Waals surface area contributed by atoms with E-state index in [0.717, 1.165) is 93.6 Å². The van der Waals surface area contributed by atoms with Crippen LogP contribution in [-0.2, 0) is 0 Å². The van der Waals surface area contributed by atoms with E-state index in [2.05, 4.69) is 176 Å².